The molecule has 0 amide bonds. The van der Waals surface area contributed by atoms with E-state index in [1.165, 1.54) is 0 Å². The molecule has 1 aliphatic heterocycles. The highest BCUT2D eigenvalue weighted by atomic mass is 16.6. The van der Waals surface area contributed by atoms with Crippen molar-refractivity contribution in [1.82, 2.24) is 10.2 Å². The fourth-order valence-electron chi connectivity index (χ4n) is 3.55. The van der Waals surface area contributed by atoms with E-state index in [0.717, 1.165) is 16.7 Å². The highest BCUT2D eigenvalue weighted by Crippen LogP contribution is 2.44. The first-order chi connectivity index (χ1) is 14.7. The molecule has 1 atom stereocenters. The minimum Gasteiger partial charge on any atom is -0.457 e. The number of nitrogens with zero attached hydrogens (tertiary/aromatic N) is 2. The largest absolute Gasteiger partial charge is 0.457 e. The third-order valence-corrected chi connectivity index (χ3v) is 5.02. The van der Waals surface area contributed by atoms with Gasteiger partial charge in [-0.25, -0.2) is 0 Å². The Morgan fingerprint density at radius 3 is 2.13 bits per heavy atom. The molecule has 4 aromatic rings. The van der Waals surface area contributed by atoms with Crippen molar-refractivity contribution in [3.8, 4) is 23.0 Å². The van der Waals surface area contributed by atoms with Gasteiger partial charge in [0, 0.05) is 16.7 Å². The molecule has 6 heteroatoms. The minimum absolute atomic E-state index is 0.246. The van der Waals surface area contributed by atoms with E-state index in [2.05, 4.69) is 10.2 Å². The second-order valence-corrected chi connectivity index (χ2v) is 7.00. The maximum Gasteiger partial charge on any atom is 0.318 e. The molecular weight excluding hydrogens is 380 g/mol. The van der Waals surface area contributed by atoms with E-state index >= 15 is 0 Å². The first kappa shape index (κ1) is 18.1. The molecule has 0 saturated carbocycles. The van der Waals surface area contributed by atoms with Crippen molar-refractivity contribution in [2.24, 2.45) is 0 Å². The van der Waals surface area contributed by atoms with Gasteiger partial charge in [-0.1, -0.05) is 54.6 Å². The zero-order valence-electron chi connectivity index (χ0n) is 16.2. The summed E-state index contributed by atoms with van der Waals surface area (Å²) in [6, 6.07) is 24.4. The van der Waals surface area contributed by atoms with Crippen molar-refractivity contribution >= 4 is 5.97 Å². The van der Waals surface area contributed by atoms with Crippen molar-refractivity contribution in [2.75, 3.05) is 0 Å². The van der Waals surface area contributed by atoms with Crippen LogP contribution in [0.15, 0.2) is 83.3 Å². The zero-order chi connectivity index (χ0) is 20.5. The number of aromatic nitrogens is 2. The summed E-state index contributed by atoms with van der Waals surface area (Å²) in [6.07, 6.45) is -0.690. The number of carbonyl (C=O) groups excluding carboxylic acids is 1. The Bertz CT molecular complexity index is 1160. The summed E-state index contributed by atoms with van der Waals surface area (Å²) in [7, 11) is 0. The molecule has 0 saturated heterocycles. The van der Waals surface area contributed by atoms with Gasteiger partial charge in [0.25, 0.3) is 5.89 Å². The Kier molecular flexibility index (Phi) is 4.52. The van der Waals surface area contributed by atoms with Gasteiger partial charge < -0.3 is 13.9 Å². The lowest BCUT2D eigenvalue weighted by molar-refractivity contribution is -0.150. The molecule has 3 aromatic carbocycles. The van der Waals surface area contributed by atoms with Crippen molar-refractivity contribution in [3.05, 3.63) is 95.9 Å². The molecule has 0 fully saturated rings. The average molecular weight is 398 g/mol. The lowest BCUT2D eigenvalue weighted by Crippen LogP contribution is -2.22. The van der Waals surface area contributed by atoms with Crippen molar-refractivity contribution in [2.45, 2.75) is 18.9 Å². The van der Waals surface area contributed by atoms with E-state index in [0.29, 0.717) is 17.4 Å². The number of carbonyl (C=O) groups is 1. The summed E-state index contributed by atoms with van der Waals surface area (Å²) in [4.78, 5) is 13.2. The van der Waals surface area contributed by atoms with Crippen LogP contribution in [0.3, 0.4) is 0 Å². The summed E-state index contributed by atoms with van der Waals surface area (Å²) >= 11 is 0. The molecular formula is C24H18N2O4. The van der Waals surface area contributed by atoms with Gasteiger partial charge in [0.05, 0.1) is 0 Å². The maximum absolute atomic E-state index is 13.2. The Balaban J connectivity index is 1.42. The fraction of sp³-hybridized carbons (Fsp3) is 0.125. The van der Waals surface area contributed by atoms with E-state index < -0.39 is 18.0 Å². The van der Waals surface area contributed by atoms with Crippen LogP contribution < -0.4 is 4.74 Å². The zero-order valence-corrected chi connectivity index (χ0v) is 16.2. The molecule has 0 radical (unpaired) electrons. The molecule has 0 aliphatic carbocycles. The van der Waals surface area contributed by atoms with Crippen molar-refractivity contribution in [3.63, 3.8) is 0 Å². The average Bonchev–Trinajstić information content (AvgIpc) is 3.28. The van der Waals surface area contributed by atoms with E-state index in [4.69, 9.17) is 13.9 Å². The van der Waals surface area contributed by atoms with Crippen molar-refractivity contribution < 1.29 is 18.7 Å². The van der Waals surface area contributed by atoms with Crippen LogP contribution >= 0.6 is 0 Å². The normalized spacial score (nSPS) is 13.6. The van der Waals surface area contributed by atoms with Gasteiger partial charge in [-0.2, -0.15) is 0 Å². The first-order valence-corrected chi connectivity index (χ1v) is 9.66. The number of hydrogen-bond acceptors (Lipinski definition) is 6. The van der Waals surface area contributed by atoms with Crippen molar-refractivity contribution in [1.29, 1.82) is 0 Å². The summed E-state index contributed by atoms with van der Waals surface area (Å²) in [5, 5.41) is 8.13. The molecule has 0 bridgehead atoms. The van der Waals surface area contributed by atoms with Crippen LogP contribution in [0.4, 0.5) is 0 Å². The van der Waals surface area contributed by atoms with Crippen LogP contribution in [0.2, 0.25) is 0 Å². The van der Waals surface area contributed by atoms with Crippen LogP contribution in [0, 0.1) is 0 Å². The second-order valence-electron chi connectivity index (χ2n) is 7.00. The Hall–Kier alpha value is -3.93. The standard InChI is InChI=1S/C24H18N2O4/c1-15(22-25-26-23(30-22)16-9-3-2-4-10-16)28-24(27)21-17-11-5-7-13-19(17)29-20-14-8-6-12-18(20)21/h2-15,21H,1H3/t15-/m0/s1. The monoisotopic (exact) mass is 398 g/mol. The molecule has 0 unspecified atom stereocenters. The molecule has 148 valence electrons. The quantitative estimate of drug-likeness (QED) is 0.436. The SMILES string of the molecule is C[C@H](OC(=O)C1c2ccccc2Oc2ccccc21)c1nnc(-c2ccccc2)o1. The van der Waals surface area contributed by atoms with Crippen LogP contribution in [0.5, 0.6) is 11.5 Å². The van der Waals surface area contributed by atoms with Gasteiger partial charge in [0.1, 0.15) is 17.4 Å². The molecule has 0 N–H and O–H groups in total. The Morgan fingerprint density at radius 1 is 0.867 bits per heavy atom. The van der Waals surface area contributed by atoms with E-state index in [9.17, 15) is 4.79 Å². The lowest BCUT2D eigenvalue weighted by atomic mass is 9.88. The van der Waals surface area contributed by atoms with Gasteiger partial charge in [0.15, 0.2) is 6.10 Å². The number of rotatable bonds is 4. The van der Waals surface area contributed by atoms with Gasteiger partial charge in [0.2, 0.25) is 5.89 Å². The molecule has 6 nitrogen and oxygen atoms in total. The van der Waals surface area contributed by atoms with Gasteiger partial charge in [-0.05, 0) is 31.2 Å². The number of benzene rings is 3. The molecule has 1 aliphatic rings. The highest BCUT2D eigenvalue weighted by molar-refractivity contribution is 5.85. The van der Waals surface area contributed by atoms with Gasteiger partial charge in [-0.15, -0.1) is 10.2 Å². The Labute approximate surface area is 173 Å². The van der Waals surface area contributed by atoms with E-state index in [1.807, 2.05) is 78.9 Å². The number of esters is 1. The first-order valence-electron chi connectivity index (χ1n) is 9.66. The van der Waals surface area contributed by atoms with Crippen LogP contribution in [-0.2, 0) is 9.53 Å². The predicted molar refractivity (Wildman–Crippen MR) is 109 cm³/mol. The highest BCUT2D eigenvalue weighted by Gasteiger charge is 2.35. The Morgan fingerprint density at radius 2 is 1.47 bits per heavy atom. The van der Waals surface area contributed by atoms with E-state index in [1.54, 1.807) is 6.92 Å². The molecule has 0 spiro atoms. The predicted octanol–water partition coefficient (Wildman–Crippen LogP) is 5.28. The number of hydrogen-bond donors (Lipinski definition) is 0. The maximum atomic E-state index is 13.2. The summed E-state index contributed by atoms with van der Waals surface area (Å²) in [6.45, 7) is 1.72. The summed E-state index contributed by atoms with van der Waals surface area (Å²) < 4.78 is 17.4. The molecule has 5 rings (SSSR count). The smallest absolute Gasteiger partial charge is 0.318 e. The number of para-hydroxylation sites is 2. The van der Waals surface area contributed by atoms with Gasteiger partial charge in [-0.3, -0.25) is 4.79 Å². The van der Waals surface area contributed by atoms with Crippen LogP contribution in [0.1, 0.15) is 36.0 Å². The number of fused-ring (bicyclic) bond motifs is 2. The third-order valence-electron chi connectivity index (χ3n) is 5.02. The summed E-state index contributed by atoms with van der Waals surface area (Å²) in [5.41, 5.74) is 2.34. The van der Waals surface area contributed by atoms with Gasteiger partial charge >= 0.3 is 5.97 Å². The third kappa shape index (κ3) is 3.22. The van der Waals surface area contributed by atoms with Crippen LogP contribution in [0.25, 0.3) is 11.5 Å². The topological polar surface area (TPSA) is 74.5 Å². The molecule has 30 heavy (non-hydrogen) atoms. The number of ether oxygens (including phenoxy) is 2. The summed E-state index contributed by atoms with van der Waals surface area (Å²) in [5.74, 6) is 0.936. The van der Waals surface area contributed by atoms with E-state index in [-0.39, 0.29) is 5.89 Å². The molecule has 1 aromatic heterocycles. The second kappa shape index (κ2) is 7.48. The lowest BCUT2D eigenvalue weighted by Gasteiger charge is -2.27. The fourth-order valence-corrected chi connectivity index (χ4v) is 3.55. The molecule has 2 heterocycles. The van der Waals surface area contributed by atoms with Crippen LogP contribution in [-0.4, -0.2) is 16.2 Å². The minimum atomic E-state index is -0.690.